The second-order valence-electron chi connectivity index (χ2n) is 3.22. The molecule has 5 heteroatoms. The van der Waals surface area contributed by atoms with Crippen molar-refractivity contribution in [2.45, 2.75) is 20.0 Å². The number of ether oxygens (including phenoxy) is 1. The molecule has 13 heavy (non-hydrogen) atoms. The van der Waals surface area contributed by atoms with Crippen LogP contribution in [0.1, 0.15) is 13.8 Å². The first-order valence-electron chi connectivity index (χ1n) is 4.29. The first-order chi connectivity index (χ1) is 6.17. The number of hydrogen-bond acceptors (Lipinski definition) is 4. The van der Waals surface area contributed by atoms with Crippen LogP contribution in [0.25, 0.3) is 0 Å². The van der Waals surface area contributed by atoms with E-state index < -0.39 is 0 Å². The molecule has 3 atom stereocenters. The molecule has 0 aromatic heterocycles. The van der Waals surface area contributed by atoms with Gasteiger partial charge in [-0.25, -0.2) is 0 Å². The quantitative estimate of drug-likeness (QED) is 0.496. The van der Waals surface area contributed by atoms with Crippen LogP contribution in [-0.2, 0) is 8.92 Å². The highest BCUT2D eigenvalue weighted by atomic mass is 32.2. The van der Waals surface area contributed by atoms with E-state index >= 15 is 0 Å². The summed E-state index contributed by atoms with van der Waals surface area (Å²) >= 11 is 0.859. The van der Waals surface area contributed by atoms with Crippen LogP contribution in [0.4, 0.5) is 0 Å². The Morgan fingerprint density at radius 1 is 1.38 bits per heavy atom. The van der Waals surface area contributed by atoms with Gasteiger partial charge >= 0.3 is 0 Å². The SMILES string of the molecule is [B]SOCC(C)C(OC)C(C)CO. The average molecular weight is 204 g/mol. The summed E-state index contributed by atoms with van der Waals surface area (Å²) in [6.07, 6.45) is 0.0112. The Labute approximate surface area is 85.7 Å². The van der Waals surface area contributed by atoms with Gasteiger partial charge in [0.05, 0.1) is 12.7 Å². The molecule has 76 valence electrons. The third-order valence-electron chi connectivity index (χ3n) is 2.08. The van der Waals surface area contributed by atoms with Gasteiger partial charge in [-0.2, -0.15) is 0 Å². The van der Waals surface area contributed by atoms with Gasteiger partial charge in [0.1, 0.15) is 0 Å². The van der Waals surface area contributed by atoms with Crippen molar-refractivity contribution in [3.05, 3.63) is 0 Å². The Balaban J connectivity index is 3.90. The van der Waals surface area contributed by atoms with E-state index in [-0.39, 0.29) is 24.5 Å². The lowest BCUT2D eigenvalue weighted by atomic mass is 9.94. The number of aliphatic hydroxyl groups excluding tert-OH is 1. The Bertz CT molecular complexity index is 126. The fourth-order valence-electron chi connectivity index (χ4n) is 1.37. The molecule has 0 bridgehead atoms. The van der Waals surface area contributed by atoms with Gasteiger partial charge in [0.15, 0.2) is 0 Å². The van der Waals surface area contributed by atoms with Gasteiger partial charge in [-0.05, 0) is 0 Å². The third kappa shape index (κ3) is 4.91. The van der Waals surface area contributed by atoms with E-state index in [1.807, 2.05) is 13.8 Å². The summed E-state index contributed by atoms with van der Waals surface area (Å²) in [5.74, 6) is 0.342. The van der Waals surface area contributed by atoms with E-state index in [2.05, 4.69) is 0 Å². The Morgan fingerprint density at radius 3 is 2.38 bits per heavy atom. The molecule has 0 saturated heterocycles. The van der Waals surface area contributed by atoms with Crippen molar-refractivity contribution < 1.29 is 14.0 Å². The fraction of sp³-hybridized carbons (Fsp3) is 1.00. The van der Waals surface area contributed by atoms with Crippen molar-refractivity contribution in [3.63, 3.8) is 0 Å². The minimum absolute atomic E-state index is 0.0112. The normalized spacial score (nSPS) is 18.2. The molecule has 3 nitrogen and oxygen atoms in total. The van der Waals surface area contributed by atoms with Crippen molar-refractivity contribution in [2.75, 3.05) is 20.3 Å². The molecule has 0 amide bonds. The maximum Gasteiger partial charge on any atom is 0.203 e. The van der Waals surface area contributed by atoms with Crippen LogP contribution in [0.15, 0.2) is 0 Å². The number of rotatable bonds is 7. The molecule has 0 aromatic rings. The van der Waals surface area contributed by atoms with Crippen LogP contribution in [0, 0.1) is 11.8 Å². The van der Waals surface area contributed by atoms with Crippen LogP contribution in [0.3, 0.4) is 0 Å². The molecule has 0 aromatic carbocycles. The summed E-state index contributed by atoms with van der Waals surface area (Å²) in [6, 6.07) is 0. The van der Waals surface area contributed by atoms with Crippen molar-refractivity contribution >= 4 is 19.0 Å². The van der Waals surface area contributed by atoms with Crippen molar-refractivity contribution in [1.82, 2.24) is 0 Å². The molecular weight excluding hydrogens is 187 g/mol. The predicted molar refractivity (Wildman–Crippen MR) is 55.5 cm³/mol. The summed E-state index contributed by atoms with van der Waals surface area (Å²) in [4.78, 5) is 0. The van der Waals surface area contributed by atoms with Crippen LogP contribution in [0.5, 0.6) is 0 Å². The highest BCUT2D eigenvalue weighted by Crippen LogP contribution is 2.17. The van der Waals surface area contributed by atoms with Crippen LogP contribution in [-0.4, -0.2) is 38.7 Å². The van der Waals surface area contributed by atoms with E-state index in [1.165, 1.54) is 0 Å². The van der Waals surface area contributed by atoms with E-state index in [1.54, 1.807) is 7.11 Å². The third-order valence-corrected chi connectivity index (χ3v) is 2.35. The molecule has 1 N–H and O–H groups in total. The van der Waals surface area contributed by atoms with Gasteiger partial charge in [-0.15, -0.1) is 0 Å². The Morgan fingerprint density at radius 2 is 2.00 bits per heavy atom. The van der Waals surface area contributed by atoms with Gasteiger partial charge in [0.25, 0.3) is 0 Å². The first kappa shape index (κ1) is 13.3. The highest BCUT2D eigenvalue weighted by molar-refractivity contribution is 8.15. The highest BCUT2D eigenvalue weighted by Gasteiger charge is 2.22. The minimum atomic E-state index is 0.0112. The molecular formula is C8H17BO3S. The molecule has 0 saturated carbocycles. The van der Waals surface area contributed by atoms with E-state index in [0.717, 1.165) is 11.9 Å². The molecule has 0 fully saturated rings. The van der Waals surface area contributed by atoms with Crippen molar-refractivity contribution in [1.29, 1.82) is 0 Å². The lowest BCUT2D eigenvalue weighted by Crippen LogP contribution is -2.32. The molecule has 2 radical (unpaired) electrons. The zero-order valence-electron chi connectivity index (χ0n) is 8.40. The largest absolute Gasteiger partial charge is 0.396 e. The fourth-order valence-corrected chi connectivity index (χ4v) is 1.66. The second kappa shape index (κ2) is 7.68. The minimum Gasteiger partial charge on any atom is -0.396 e. The maximum atomic E-state index is 8.96. The Hall–Kier alpha value is 0.295. The molecule has 0 spiro atoms. The lowest BCUT2D eigenvalue weighted by Gasteiger charge is -2.26. The first-order valence-corrected chi connectivity index (χ1v) is 5.09. The molecule has 0 rings (SSSR count). The summed E-state index contributed by atoms with van der Waals surface area (Å²) < 4.78 is 10.3. The van der Waals surface area contributed by atoms with Crippen LogP contribution in [0.2, 0.25) is 0 Å². The van der Waals surface area contributed by atoms with Gasteiger partial charge in [0, 0.05) is 25.6 Å². The number of aliphatic hydroxyl groups is 1. The average Bonchev–Trinajstić information content (AvgIpc) is 2.15. The topological polar surface area (TPSA) is 38.7 Å². The van der Waals surface area contributed by atoms with Crippen molar-refractivity contribution in [3.8, 4) is 0 Å². The van der Waals surface area contributed by atoms with E-state index in [0.29, 0.717) is 6.61 Å². The van der Waals surface area contributed by atoms with E-state index in [4.69, 9.17) is 21.2 Å². The van der Waals surface area contributed by atoms with Crippen molar-refractivity contribution in [2.24, 2.45) is 11.8 Å². The number of hydrogen-bond donors (Lipinski definition) is 1. The number of methoxy groups -OCH3 is 1. The van der Waals surface area contributed by atoms with Crippen LogP contribution >= 0.6 is 11.9 Å². The second-order valence-corrected chi connectivity index (χ2v) is 3.65. The summed E-state index contributed by atoms with van der Waals surface area (Å²) in [5, 5.41) is 8.96. The van der Waals surface area contributed by atoms with Gasteiger partial charge in [0.2, 0.25) is 7.12 Å². The summed E-state index contributed by atoms with van der Waals surface area (Å²) in [7, 11) is 6.77. The Kier molecular flexibility index (Phi) is 7.85. The van der Waals surface area contributed by atoms with Gasteiger partial charge in [-0.3, -0.25) is 0 Å². The molecule has 0 aliphatic rings. The van der Waals surface area contributed by atoms with Gasteiger partial charge < -0.3 is 14.0 Å². The van der Waals surface area contributed by atoms with Gasteiger partial charge in [-0.1, -0.05) is 25.7 Å². The summed E-state index contributed by atoms with van der Waals surface area (Å²) in [5.41, 5.74) is 0. The monoisotopic (exact) mass is 204 g/mol. The van der Waals surface area contributed by atoms with E-state index in [9.17, 15) is 0 Å². The molecule has 0 aliphatic carbocycles. The lowest BCUT2D eigenvalue weighted by molar-refractivity contribution is -0.0124. The van der Waals surface area contributed by atoms with Crippen LogP contribution < -0.4 is 0 Å². The summed E-state index contributed by atoms with van der Waals surface area (Å²) in [6.45, 7) is 4.61. The predicted octanol–water partition coefficient (Wildman–Crippen LogP) is 1.01. The maximum absolute atomic E-state index is 8.96. The molecule has 0 heterocycles. The molecule has 3 unspecified atom stereocenters. The smallest absolute Gasteiger partial charge is 0.203 e. The molecule has 0 aliphatic heterocycles. The standard InChI is InChI=1S/C8H17BO3S/c1-6(4-10)8(11-3)7(2)5-12-13-9/h6-8,10H,4-5H2,1-3H3. The zero-order chi connectivity index (χ0) is 10.3. The zero-order valence-corrected chi connectivity index (χ0v) is 9.21.